The van der Waals surface area contributed by atoms with E-state index in [2.05, 4.69) is 28.9 Å². The molecule has 4 nitrogen and oxygen atoms in total. The zero-order valence-corrected chi connectivity index (χ0v) is 15.3. The van der Waals surface area contributed by atoms with Crippen molar-refractivity contribution in [1.29, 1.82) is 0 Å². The van der Waals surface area contributed by atoms with Crippen LogP contribution >= 0.6 is 0 Å². The van der Waals surface area contributed by atoms with Gasteiger partial charge in [0.25, 0.3) is 0 Å². The van der Waals surface area contributed by atoms with E-state index in [-0.39, 0.29) is 0 Å². The molecule has 134 valence electrons. The molecule has 0 radical (unpaired) electrons. The molecule has 1 aromatic heterocycles. The van der Waals surface area contributed by atoms with Gasteiger partial charge in [0, 0.05) is 24.7 Å². The quantitative estimate of drug-likeness (QED) is 0.822. The molecule has 2 aliphatic rings. The first-order valence-electron chi connectivity index (χ1n) is 9.59. The minimum Gasteiger partial charge on any atom is -0.494 e. The number of fused-ring (bicyclic) bond motifs is 1. The van der Waals surface area contributed by atoms with Gasteiger partial charge in [0.15, 0.2) is 0 Å². The van der Waals surface area contributed by atoms with Crippen molar-refractivity contribution in [3.63, 3.8) is 0 Å². The van der Waals surface area contributed by atoms with Crippen LogP contribution in [0.1, 0.15) is 44.1 Å². The highest BCUT2D eigenvalue weighted by atomic mass is 16.5. The molecule has 4 rings (SSSR count). The number of methoxy groups -OCH3 is 1. The third-order valence-electron chi connectivity index (χ3n) is 5.68. The summed E-state index contributed by atoms with van der Waals surface area (Å²) in [4.78, 5) is 7.12. The summed E-state index contributed by atoms with van der Waals surface area (Å²) in [6.45, 7) is 4.26. The highest BCUT2D eigenvalue weighted by molar-refractivity contribution is 5.96. The van der Waals surface area contributed by atoms with E-state index in [1.165, 1.54) is 42.3 Å². The Labute approximate surface area is 150 Å². The number of hydrogen-bond acceptors (Lipinski definition) is 4. The summed E-state index contributed by atoms with van der Waals surface area (Å²) in [5.41, 5.74) is 3.49. The van der Waals surface area contributed by atoms with Crippen LogP contribution in [0.2, 0.25) is 0 Å². The standard InChI is InChI=1S/C21H28N2O2/c1-15-14-22-20-18(8-5-9-19(20)24-2)21(15)23-12-10-17(11-13-23)25-16-6-3-4-7-16/h5,8-9,14,16-17H,3-4,6-7,10-13H2,1-2H3. The Kier molecular flexibility index (Phi) is 4.80. The number of aryl methyl sites for hydroxylation is 1. The van der Waals surface area contributed by atoms with Gasteiger partial charge in [0.05, 0.1) is 25.0 Å². The molecule has 0 bridgehead atoms. The Hall–Kier alpha value is -1.81. The van der Waals surface area contributed by atoms with Crippen LogP contribution < -0.4 is 9.64 Å². The Morgan fingerprint density at radius 2 is 1.76 bits per heavy atom. The van der Waals surface area contributed by atoms with Crippen LogP contribution in [0.5, 0.6) is 5.75 Å². The van der Waals surface area contributed by atoms with Gasteiger partial charge in [-0.25, -0.2) is 0 Å². The van der Waals surface area contributed by atoms with E-state index in [0.717, 1.165) is 37.2 Å². The first-order chi connectivity index (χ1) is 12.3. The maximum atomic E-state index is 6.33. The lowest BCUT2D eigenvalue weighted by Crippen LogP contribution is -2.38. The monoisotopic (exact) mass is 340 g/mol. The van der Waals surface area contributed by atoms with Gasteiger partial charge in [-0.05, 0) is 44.2 Å². The maximum Gasteiger partial charge on any atom is 0.145 e. The third kappa shape index (κ3) is 3.32. The number of para-hydroxylation sites is 1. The SMILES string of the molecule is COc1cccc2c(N3CCC(OC4CCCC4)CC3)c(C)cnc12. The summed E-state index contributed by atoms with van der Waals surface area (Å²) in [6, 6.07) is 6.20. The van der Waals surface area contributed by atoms with Crippen molar-refractivity contribution in [2.75, 3.05) is 25.1 Å². The van der Waals surface area contributed by atoms with E-state index >= 15 is 0 Å². The van der Waals surface area contributed by atoms with Gasteiger partial charge in [0.1, 0.15) is 11.3 Å². The fourth-order valence-corrected chi connectivity index (χ4v) is 4.38. The van der Waals surface area contributed by atoms with E-state index in [0.29, 0.717) is 12.2 Å². The van der Waals surface area contributed by atoms with Crippen molar-refractivity contribution in [2.24, 2.45) is 0 Å². The predicted octanol–water partition coefficient (Wildman–Crippen LogP) is 4.48. The zero-order valence-electron chi connectivity index (χ0n) is 15.3. The number of piperidine rings is 1. The fourth-order valence-electron chi connectivity index (χ4n) is 4.38. The average Bonchev–Trinajstić information content (AvgIpc) is 3.15. The number of anilines is 1. The van der Waals surface area contributed by atoms with Crippen molar-refractivity contribution in [3.8, 4) is 5.75 Å². The summed E-state index contributed by atoms with van der Waals surface area (Å²) < 4.78 is 11.8. The molecular weight excluding hydrogens is 312 g/mol. The minimum atomic E-state index is 0.433. The third-order valence-corrected chi connectivity index (χ3v) is 5.68. The second-order valence-corrected chi connectivity index (χ2v) is 7.38. The molecule has 2 fully saturated rings. The molecule has 1 aromatic carbocycles. The Morgan fingerprint density at radius 3 is 2.48 bits per heavy atom. The number of nitrogens with zero attached hydrogens (tertiary/aromatic N) is 2. The molecule has 2 heterocycles. The number of ether oxygens (including phenoxy) is 2. The maximum absolute atomic E-state index is 6.33. The Morgan fingerprint density at radius 1 is 1.04 bits per heavy atom. The molecule has 1 aliphatic carbocycles. The van der Waals surface area contributed by atoms with Crippen molar-refractivity contribution in [1.82, 2.24) is 4.98 Å². The van der Waals surface area contributed by atoms with Gasteiger partial charge in [-0.1, -0.05) is 25.0 Å². The van der Waals surface area contributed by atoms with Crippen LogP contribution in [0.4, 0.5) is 5.69 Å². The van der Waals surface area contributed by atoms with Crippen LogP contribution in [0.25, 0.3) is 10.9 Å². The first-order valence-corrected chi connectivity index (χ1v) is 9.59. The van der Waals surface area contributed by atoms with E-state index in [1.807, 2.05) is 12.3 Å². The molecule has 0 unspecified atom stereocenters. The number of hydrogen-bond donors (Lipinski definition) is 0. The largest absolute Gasteiger partial charge is 0.494 e. The summed E-state index contributed by atoms with van der Waals surface area (Å²) >= 11 is 0. The van der Waals surface area contributed by atoms with Gasteiger partial charge >= 0.3 is 0 Å². The van der Waals surface area contributed by atoms with Crippen molar-refractivity contribution < 1.29 is 9.47 Å². The van der Waals surface area contributed by atoms with Crippen LogP contribution in [0, 0.1) is 6.92 Å². The molecule has 1 aliphatic heterocycles. The Balaban J connectivity index is 1.53. The van der Waals surface area contributed by atoms with E-state index in [4.69, 9.17) is 9.47 Å². The predicted molar refractivity (Wildman–Crippen MR) is 102 cm³/mol. The summed E-state index contributed by atoms with van der Waals surface area (Å²) in [5, 5.41) is 1.19. The first kappa shape index (κ1) is 16.6. The lowest BCUT2D eigenvalue weighted by Gasteiger charge is -2.36. The van der Waals surface area contributed by atoms with E-state index < -0.39 is 0 Å². The lowest BCUT2D eigenvalue weighted by atomic mass is 10.0. The van der Waals surface area contributed by atoms with Gasteiger partial charge in [-0.3, -0.25) is 4.98 Å². The van der Waals surface area contributed by atoms with Crippen molar-refractivity contribution in [2.45, 2.75) is 57.7 Å². The molecule has 1 saturated heterocycles. The average molecular weight is 340 g/mol. The van der Waals surface area contributed by atoms with Crippen LogP contribution in [0.15, 0.2) is 24.4 Å². The van der Waals surface area contributed by atoms with Crippen molar-refractivity contribution >= 4 is 16.6 Å². The molecule has 1 saturated carbocycles. The zero-order chi connectivity index (χ0) is 17.2. The number of aromatic nitrogens is 1. The van der Waals surface area contributed by atoms with Gasteiger partial charge in [-0.2, -0.15) is 0 Å². The normalized spacial score (nSPS) is 19.7. The second kappa shape index (κ2) is 7.20. The molecule has 0 amide bonds. The van der Waals surface area contributed by atoms with Crippen LogP contribution in [-0.4, -0.2) is 37.4 Å². The topological polar surface area (TPSA) is 34.6 Å². The molecule has 2 aromatic rings. The molecule has 25 heavy (non-hydrogen) atoms. The summed E-state index contributed by atoms with van der Waals surface area (Å²) in [6.07, 6.45) is 10.4. The number of pyridine rings is 1. The molecule has 4 heteroatoms. The minimum absolute atomic E-state index is 0.433. The van der Waals surface area contributed by atoms with Gasteiger partial charge in [0.2, 0.25) is 0 Å². The fraction of sp³-hybridized carbons (Fsp3) is 0.571. The van der Waals surface area contributed by atoms with Crippen molar-refractivity contribution in [3.05, 3.63) is 30.0 Å². The smallest absolute Gasteiger partial charge is 0.145 e. The van der Waals surface area contributed by atoms with Crippen LogP contribution in [-0.2, 0) is 4.74 Å². The highest BCUT2D eigenvalue weighted by Crippen LogP contribution is 2.35. The Bertz CT molecular complexity index is 732. The summed E-state index contributed by atoms with van der Waals surface area (Å²) in [7, 11) is 1.71. The number of rotatable bonds is 4. The second-order valence-electron chi connectivity index (χ2n) is 7.38. The number of benzene rings is 1. The lowest BCUT2D eigenvalue weighted by molar-refractivity contribution is -0.0194. The highest BCUT2D eigenvalue weighted by Gasteiger charge is 2.26. The van der Waals surface area contributed by atoms with E-state index in [9.17, 15) is 0 Å². The van der Waals surface area contributed by atoms with Crippen LogP contribution in [0.3, 0.4) is 0 Å². The molecular formula is C21H28N2O2. The molecule has 0 N–H and O–H groups in total. The molecule has 0 spiro atoms. The van der Waals surface area contributed by atoms with E-state index in [1.54, 1.807) is 7.11 Å². The molecule has 0 atom stereocenters. The van der Waals surface area contributed by atoms with Gasteiger partial charge in [-0.15, -0.1) is 0 Å². The summed E-state index contributed by atoms with van der Waals surface area (Å²) in [5.74, 6) is 0.846. The van der Waals surface area contributed by atoms with Gasteiger partial charge < -0.3 is 14.4 Å².